The van der Waals surface area contributed by atoms with E-state index in [1.807, 2.05) is 6.92 Å². The van der Waals surface area contributed by atoms with Crippen molar-refractivity contribution in [1.82, 2.24) is 5.32 Å². The van der Waals surface area contributed by atoms with Crippen molar-refractivity contribution in [3.05, 3.63) is 0 Å². The highest BCUT2D eigenvalue weighted by molar-refractivity contribution is 5.79. The number of amides is 1. The first-order valence-electron chi connectivity index (χ1n) is 5.30. The highest BCUT2D eigenvalue weighted by Crippen LogP contribution is 1.94. The van der Waals surface area contributed by atoms with Gasteiger partial charge in [0.1, 0.15) is 0 Å². The third-order valence-corrected chi connectivity index (χ3v) is 2.01. The summed E-state index contributed by atoms with van der Waals surface area (Å²) in [7, 11) is 0. The fourth-order valence-electron chi connectivity index (χ4n) is 1.19. The van der Waals surface area contributed by atoms with Crippen LogP contribution in [0.25, 0.3) is 0 Å². The molecule has 15 heavy (non-hydrogen) atoms. The molecule has 0 aromatic carbocycles. The van der Waals surface area contributed by atoms with E-state index in [1.165, 1.54) is 0 Å². The van der Waals surface area contributed by atoms with Gasteiger partial charge in [-0.25, -0.2) is 0 Å². The lowest BCUT2D eigenvalue weighted by Gasteiger charge is -2.12. The Kier molecular flexibility index (Phi) is 7.62. The molecule has 5 nitrogen and oxygen atoms in total. The van der Waals surface area contributed by atoms with Crippen LogP contribution in [-0.2, 0) is 14.3 Å². The molecule has 0 spiro atoms. The molecule has 0 unspecified atom stereocenters. The minimum atomic E-state index is -0.353. The van der Waals surface area contributed by atoms with Crippen LogP contribution in [0.4, 0.5) is 0 Å². The van der Waals surface area contributed by atoms with Gasteiger partial charge in [-0.3, -0.25) is 9.59 Å². The number of rotatable bonds is 8. The first-order chi connectivity index (χ1) is 7.11. The van der Waals surface area contributed by atoms with E-state index in [1.54, 1.807) is 6.92 Å². The van der Waals surface area contributed by atoms with Gasteiger partial charge in [-0.05, 0) is 26.3 Å². The van der Waals surface area contributed by atoms with Gasteiger partial charge in [0.05, 0.1) is 12.6 Å². The van der Waals surface area contributed by atoms with Crippen molar-refractivity contribution in [3.8, 4) is 0 Å². The molecule has 0 heterocycles. The Morgan fingerprint density at radius 2 is 2.07 bits per heavy atom. The number of primary amides is 1. The molecule has 1 amide bonds. The van der Waals surface area contributed by atoms with E-state index in [0.29, 0.717) is 32.4 Å². The Labute approximate surface area is 90.4 Å². The Bertz CT molecular complexity index is 207. The first-order valence-corrected chi connectivity index (χ1v) is 5.30. The van der Waals surface area contributed by atoms with Crippen LogP contribution in [0.3, 0.4) is 0 Å². The molecule has 0 aromatic heterocycles. The van der Waals surface area contributed by atoms with Gasteiger partial charge in [-0.1, -0.05) is 6.92 Å². The van der Waals surface area contributed by atoms with E-state index in [-0.39, 0.29) is 17.9 Å². The summed E-state index contributed by atoms with van der Waals surface area (Å²) >= 11 is 0. The summed E-state index contributed by atoms with van der Waals surface area (Å²) in [5, 5.41) is 2.98. The number of ether oxygens (including phenoxy) is 1. The second-order valence-corrected chi connectivity index (χ2v) is 3.23. The molecule has 0 aliphatic carbocycles. The van der Waals surface area contributed by atoms with E-state index in [2.05, 4.69) is 5.32 Å². The highest BCUT2D eigenvalue weighted by Gasteiger charge is 2.11. The predicted octanol–water partition coefficient (Wildman–Crippen LogP) is 0.183. The number of nitrogens with one attached hydrogen (secondary N) is 1. The van der Waals surface area contributed by atoms with E-state index in [9.17, 15) is 9.59 Å². The molecule has 3 N–H and O–H groups in total. The maximum absolute atomic E-state index is 10.9. The predicted molar refractivity (Wildman–Crippen MR) is 57.1 cm³/mol. The van der Waals surface area contributed by atoms with Crippen LogP contribution in [0.2, 0.25) is 0 Å². The average molecular weight is 216 g/mol. The van der Waals surface area contributed by atoms with Crippen LogP contribution < -0.4 is 11.1 Å². The van der Waals surface area contributed by atoms with Gasteiger partial charge in [-0.2, -0.15) is 0 Å². The molecular weight excluding hydrogens is 196 g/mol. The van der Waals surface area contributed by atoms with Crippen LogP contribution in [0, 0.1) is 0 Å². The lowest BCUT2D eigenvalue weighted by atomic mass is 10.2. The van der Waals surface area contributed by atoms with Crippen LogP contribution >= 0.6 is 0 Å². The maximum Gasteiger partial charge on any atom is 0.305 e. The molecule has 0 aromatic rings. The standard InChI is InChI=1S/C10H20N2O3/c1-3-8(10(11)14)12-7-5-6-9(13)15-4-2/h8,12H,3-7H2,1-2H3,(H2,11,14)/t8-/m0/s1. The van der Waals surface area contributed by atoms with Gasteiger partial charge >= 0.3 is 5.97 Å². The Morgan fingerprint density at radius 3 is 2.53 bits per heavy atom. The molecule has 5 heteroatoms. The Balaban J connectivity index is 3.52. The number of nitrogens with two attached hydrogens (primary N) is 1. The monoisotopic (exact) mass is 216 g/mol. The number of hydrogen-bond acceptors (Lipinski definition) is 4. The van der Waals surface area contributed by atoms with Gasteiger partial charge in [0, 0.05) is 6.42 Å². The second-order valence-electron chi connectivity index (χ2n) is 3.23. The summed E-state index contributed by atoms with van der Waals surface area (Å²) in [6.45, 7) is 4.66. The summed E-state index contributed by atoms with van der Waals surface area (Å²) in [5.41, 5.74) is 5.14. The fourth-order valence-corrected chi connectivity index (χ4v) is 1.19. The SMILES string of the molecule is CCOC(=O)CCCN[C@@H](CC)C(N)=O. The molecule has 0 saturated heterocycles. The topological polar surface area (TPSA) is 81.4 Å². The molecule has 0 rings (SSSR count). The van der Waals surface area contributed by atoms with Gasteiger partial charge in [0.15, 0.2) is 0 Å². The third kappa shape index (κ3) is 6.90. The molecule has 0 bridgehead atoms. The second kappa shape index (κ2) is 8.23. The largest absolute Gasteiger partial charge is 0.466 e. The maximum atomic E-state index is 10.9. The number of carbonyl (C=O) groups excluding carboxylic acids is 2. The third-order valence-electron chi connectivity index (χ3n) is 2.01. The van der Waals surface area contributed by atoms with Crippen molar-refractivity contribution in [2.45, 2.75) is 39.2 Å². The minimum Gasteiger partial charge on any atom is -0.466 e. The molecule has 88 valence electrons. The number of esters is 1. The lowest BCUT2D eigenvalue weighted by Crippen LogP contribution is -2.41. The summed E-state index contributed by atoms with van der Waals surface area (Å²) < 4.78 is 4.76. The van der Waals surface area contributed by atoms with Crippen molar-refractivity contribution >= 4 is 11.9 Å². The molecule has 0 fully saturated rings. The Morgan fingerprint density at radius 1 is 1.40 bits per heavy atom. The van der Waals surface area contributed by atoms with Crippen molar-refractivity contribution in [1.29, 1.82) is 0 Å². The zero-order valence-corrected chi connectivity index (χ0v) is 9.41. The summed E-state index contributed by atoms with van der Waals surface area (Å²) in [6, 6.07) is -0.299. The van der Waals surface area contributed by atoms with E-state index >= 15 is 0 Å². The fraction of sp³-hybridized carbons (Fsp3) is 0.800. The lowest BCUT2D eigenvalue weighted by molar-refractivity contribution is -0.143. The van der Waals surface area contributed by atoms with E-state index in [4.69, 9.17) is 10.5 Å². The molecule has 0 aliphatic rings. The number of carbonyl (C=O) groups is 2. The smallest absolute Gasteiger partial charge is 0.305 e. The zero-order chi connectivity index (χ0) is 11.7. The van der Waals surface area contributed by atoms with Crippen molar-refractivity contribution in [3.63, 3.8) is 0 Å². The molecule has 0 aliphatic heterocycles. The normalized spacial score (nSPS) is 12.1. The van der Waals surface area contributed by atoms with Gasteiger partial charge in [0.25, 0.3) is 0 Å². The van der Waals surface area contributed by atoms with E-state index in [0.717, 1.165) is 0 Å². The molecule has 0 radical (unpaired) electrons. The molecular formula is C10H20N2O3. The Hall–Kier alpha value is -1.10. The summed E-state index contributed by atoms with van der Waals surface area (Å²) in [6.07, 6.45) is 1.69. The van der Waals surface area contributed by atoms with Crippen molar-refractivity contribution in [2.24, 2.45) is 5.73 Å². The molecule has 0 saturated carbocycles. The highest BCUT2D eigenvalue weighted by atomic mass is 16.5. The summed E-state index contributed by atoms with van der Waals surface area (Å²) in [4.78, 5) is 21.8. The quantitative estimate of drug-likeness (QED) is 0.448. The van der Waals surface area contributed by atoms with Crippen molar-refractivity contribution < 1.29 is 14.3 Å². The summed E-state index contributed by atoms with van der Waals surface area (Å²) in [5.74, 6) is -0.556. The van der Waals surface area contributed by atoms with Crippen LogP contribution in [0.1, 0.15) is 33.1 Å². The zero-order valence-electron chi connectivity index (χ0n) is 9.41. The van der Waals surface area contributed by atoms with Gasteiger partial charge < -0.3 is 15.8 Å². The van der Waals surface area contributed by atoms with Crippen LogP contribution in [-0.4, -0.2) is 31.1 Å². The molecule has 1 atom stereocenters. The minimum absolute atomic E-state index is 0.202. The van der Waals surface area contributed by atoms with Crippen LogP contribution in [0.5, 0.6) is 0 Å². The van der Waals surface area contributed by atoms with Gasteiger partial charge in [0.2, 0.25) is 5.91 Å². The number of hydrogen-bond donors (Lipinski definition) is 2. The van der Waals surface area contributed by atoms with Crippen LogP contribution in [0.15, 0.2) is 0 Å². The first kappa shape index (κ1) is 13.9. The average Bonchev–Trinajstić information content (AvgIpc) is 2.17. The van der Waals surface area contributed by atoms with Gasteiger partial charge in [-0.15, -0.1) is 0 Å². The van der Waals surface area contributed by atoms with Crippen molar-refractivity contribution in [2.75, 3.05) is 13.2 Å². The van der Waals surface area contributed by atoms with E-state index < -0.39 is 0 Å².